The molecule has 0 fully saturated rings. The molecule has 0 saturated heterocycles. The van der Waals surface area contributed by atoms with Crippen LogP contribution in [0.1, 0.15) is 38.9 Å². The van der Waals surface area contributed by atoms with E-state index in [1.54, 1.807) is 6.20 Å². The molecule has 0 radical (unpaired) electrons. The minimum Gasteiger partial charge on any atom is -0.376 e. The lowest BCUT2D eigenvalue weighted by molar-refractivity contribution is 0.0289. The van der Waals surface area contributed by atoms with E-state index in [0.717, 1.165) is 23.1 Å². The lowest BCUT2D eigenvalue weighted by atomic mass is 10.1. The fourth-order valence-corrected chi connectivity index (χ4v) is 2.50. The molecule has 0 spiro atoms. The summed E-state index contributed by atoms with van der Waals surface area (Å²) in [6.45, 7) is 7.61. The van der Waals surface area contributed by atoms with Crippen LogP contribution in [-0.4, -0.2) is 22.5 Å². The number of nitrogens with one attached hydrogen (secondary N) is 1. The number of aromatic nitrogens is 2. The van der Waals surface area contributed by atoms with Gasteiger partial charge in [0.15, 0.2) is 0 Å². The Morgan fingerprint density at radius 3 is 2.71 bits per heavy atom. The highest BCUT2D eigenvalue weighted by Gasteiger charge is 2.26. The average Bonchev–Trinajstić information content (AvgIpc) is 2.71. The molecule has 98 valence electrons. The molecular weight excluding hydrogens is 284 g/mol. The third-order valence-electron chi connectivity index (χ3n) is 2.76. The quantitative estimate of drug-likeness (QED) is 0.597. The van der Waals surface area contributed by atoms with Crippen molar-refractivity contribution in [3.05, 3.63) is 16.4 Å². The first-order chi connectivity index (χ1) is 8.19. The molecule has 17 heavy (non-hydrogen) atoms. The van der Waals surface area contributed by atoms with Crippen LogP contribution >= 0.6 is 15.9 Å². The number of rotatable bonds is 7. The van der Waals surface area contributed by atoms with Gasteiger partial charge in [-0.25, -0.2) is 5.43 Å². The van der Waals surface area contributed by atoms with Crippen molar-refractivity contribution >= 4 is 15.9 Å². The van der Waals surface area contributed by atoms with Crippen molar-refractivity contribution in [2.24, 2.45) is 5.84 Å². The fraction of sp³-hybridized carbons (Fsp3) is 0.727. The Morgan fingerprint density at radius 2 is 2.24 bits per heavy atom. The zero-order valence-electron chi connectivity index (χ0n) is 10.6. The SMILES string of the molecule is CCOC(CC)C(NN)c1c(Br)cnn1CC. The number of aryl methyl sites for hydroxylation is 1. The summed E-state index contributed by atoms with van der Waals surface area (Å²) < 4.78 is 8.60. The first-order valence-corrected chi connectivity index (χ1v) is 6.77. The molecule has 1 rings (SSSR count). The van der Waals surface area contributed by atoms with E-state index < -0.39 is 0 Å². The molecule has 6 heteroatoms. The van der Waals surface area contributed by atoms with Crippen molar-refractivity contribution in [1.82, 2.24) is 15.2 Å². The standard InChI is InChI=1S/C11H21BrN4O/c1-4-9(17-6-3)10(15-13)11-8(12)7-14-16(11)5-2/h7,9-10,15H,4-6,13H2,1-3H3. The second kappa shape index (κ2) is 7.10. The Balaban J connectivity index is 3.02. The van der Waals surface area contributed by atoms with Crippen molar-refractivity contribution in [2.45, 2.75) is 45.9 Å². The summed E-state index contributed by atoms with van der Waals surface area (Å²) in [7, 11) is 0. The molecular formula is C11H21BrN4O. The first-order valence-electron chi connectivity index (χ1n) is 5.98. The van der Waals surface area contributed by atoms with Crippen molar-refractivity contribution < 1.29 is 4.74 Å². The van der Waals surface area contributed by atoms with E-state index in [-0.39, 0.29) is 12.1 Å². The van der Waals surface area contributed by atoms with E-state index >= 15 is 0 Å². The fourth-order valence-electron chi connectivity index (χ4n) is 1.96. The molecule has 1 aromatic rings. The summed E-state index contributed by atoms with van der Waals surface area (Å²) in [6, 6.07) is -0.0585. The number of hydrazine groups is 1. The minimum absolute atomic E-state index is 0.0447. The molecule has 3 N–H and O–H groups in total. The number of nitrogens with two attached hydrogens (primary N) is 1. The Morgan fingerprint density at radius 1 is 1.53 bits per heavy atom. The van der Waals surface area contributed by atoms with Gasteiger partial charge in [-0.2, -0.15) is 5.10 Å². The van der Waals surface area contributed by atoms with Gasteiger partial charge in [0, 0.05) is 13.2 Å². The highest BCUT2D eigenvalue weighted by Crippen LogP contribution is 2.27. The van der Waals surface area contributed by atoms with Crippen LogP contribution in [0.2, 0.25) is 0 Å². The smallest absolute Gasteiger partial charge is 0.0901 e. The van der Waals surface area contributed by atoms with E-state index in [0.29, 0.717) is 6.61 Å². The number of hydrogen-bond donors (Lipinski definition) is 2. The van der Waals surface area contributed by atoms with Crippen LogP contribution in [0.3, 0.4) is 0 Å². The van der Waals surface area contributed by atoms with Gasteiger partial charge in [0.1, 0.15) is 0 Å². The van der Waals surface area contributed by atoms with Crippen molar-refractivity contribution in [3.8, 4) is 0 Å². The summed E-state index contributed by atoms with van der Waals surface area (Å²) in [5.41, 5.74) is 3.88. The van der Waals surface area contributed by atoms with E-state index in [1.165, 1.54) is 0 Å². The maximum Gasteiger partial charge on any atom is 0.0901 e. The van der Waals surface area contributed by atoms with Gasteiger partial charge in [-0.3, -0.25) is 10.5 Å². The maximum absolute atomic E-state index is 5.72. The summed E-state index contributed by atoms with van der Waals surface area (Å²) in [5.74, 6) is 5.67. The summed E-state index contributed by atoms with van der Waals surface area (Å²) >= 11 is 3.51. The van der Waals surface area contributed by atoms with Crippen LogP contribution in [0.15, 0.2) is 10.7 Å². The van der Waals surface area contributed by atoms with Gasteiger partial charge >= 0.3 is 0 Å². The van der Waals surface area contributed by atoms with Crippen LogP contribution in [-0.2, 0) is 11.3 Å². The predicted octanol–water partition coefficient (Wildman–Crippen LogP) is 1.98. The second-order valence-corrected chi connectivity index (χ2v) is 4.59. The third-order valence-corrected chi connectivity index (χ3v) is 3.37. The highest BCUT2D eigenvalue weighted by atomic mass is 79.9. The largest absolute Gasteiger partial charge is 0.376 e. The van der Waals surface area contributed by atoms with Crippen LogP contribution in [0.5, 0.6) is 0 Å². The summed E-state index contributed by atoms with van der Waals surface area (Å²) in [5, 5.41) is 4.30. The lowest BCUT2D eigenvalue weighted by Gasteiger charge is -2.26. The molecule has 0 aromatic carbocycles. The normalized spacial score (nSPS) is 14.9. The monoisotopic (exact) mass is 304 g/mol. The Bertz CT molecular complexity index is 342. The van der Waals surface area contributed by atoms with E-state index in [4.69, 9.17) is 10.6 Å². The van der Waals surface area contributed by atoms with Crippen molar-refractivity contribution in [2.75, 3.05) is 6.61 Å². The molecule has 0 aliphatic carbocycles. The van der Waals surface area contributed by atoms with Crippen LogP contribution in [0.4, 0.5) is 0 Å². The Labute approximate surface area is 111 Å². The molecule has 5 nitrogen and oxygen atoms in total. The van der Waals surface area contributed by atoms with E-state index in [2.05, 4.69) is 40.3 Å². The predicted molar refractivity (Wildman–Crippen MR) is 71.4 cm³/mol. The summed E-state index contributed by atoms with van der Waals surface area (Å²) in [4.78, 5) is 0. The number of ether oxygens (including phenoxy) is 1. The molecule has 1 heterocycles. The molecule has 0 bridgehead atoms. The molecule has 0 saturated carbocycles. The maximum atomic E-state index is 5.72. The van der Waals surface area contributed by atoms with Gasteiger partial charge in [-0.15, -0.1) is 0 Å². The van der Waals surface area contributed by atoms with Gasteiger partial charge in [0.2, 0.25) is 0 Å². The van der Waals surface area contributed by atoms with Crippen LogP contribution in [0, 0.1) is 0 Å². The van der Waals surface area contributed by atoms with Gasteiger partial charge < -0.3 is 4.74 Å². The van der Waals surface area contributed by atoms with Gasteiger partial charge in [0.05, 0.1) is 28.5 Å². The average molecular weight is 305 g/mol. The Hall–Kier alpha value is -0.430. The lowest BCUT2D eigenvalue weighted by Crippen LogP contribution is -2.39. The zero-order valence-corrected chi connectivity index (χ0v) is 12.2. The Kier molecular flexibility index (Phi) is 6.11. The van der Waals surface area contributed by atoms with Crippen molar-refractivity contribution in [1.29, 1.82) is 0 Å². The molecule has 0 aliphatic rings. The third kappa shape index (κ3) is 3.28. The van der Waals surface area contributed by atoms with Gasteiger partial charge in [0.25, 0.3) is 0 Å². The number of hydrogen-bond acceptors (Lipinski definition) is 4. The molecule has 2 atom stereocenters. The second-order valence-electron chi connectivity index (χ2n) is 3.74. The molecule has 2 unspecified atom stereocenters. The van der Waals surface area contributed by atoms with E-state index in [1.807, 2.05) is 11.6 Å². The van der Waals surface area contributed by atoms with Gasteiger partial charge in [-0.1, -0.05) is 6.92 Å². The van der Waals surface area contributed by atoms with Crippen LogP contribution in [0.25, 0.3) is 0 Å². The summed E-state index contributed by atoms with van der Waals surface area (Å²) in [6.07, 6.45) is 2.73. The highest BCUT2D eigenvalue weighted by molar-refractivity contribution is 9.10. The zero-order chi connectivity index (χ0) is 12.8. The number of nitrogens with zero attached hydrogens (tertiary/aromatic N) is 2. The van der Waals surface area contributed by atoms with Crippen molar-refractivity contribution in [3.63, 3.8) is 0 Å². The molecule has 1 aromatic heterocycles. The van der Waals surface area contributed by atoms with Gasteiger partial charge in [-0.05, 0) is 36.2 Å². The minimum atomic E-state index is -0.0585. The molecule has 0 amide bonds. The topological polar surface area (TPSA) is 65.1 Å². The van der Waals surface area contributed by atoms with Crippen LogP contribution < -0.4 is 11.3 Å². The van der Waals surface area contributed by atoms with E-state index in [9.17, 15) is 0 Å². The molecule has 0 aliphatic heterocycles. The number of halogens is 1. The first kappa shape index (κ1) is 14.6.